The predicted molar refractivity (Wildman–Crippen MR) is 235 cm³/mol. The lowest BCUT2D eigenvalue weighted by molar-refractivity contribution is 0.0957. The Bertz CT molecular complexity index is 2750. The zero-order valence-electron chi connectivity index (χ0n) is 34.8. The average Bonchev–Trinajstić information content (AvgIpc) is 3.50. The van der Waals surface area contributed by atoms with Crippen molar-refractivity contribution in [2.75, 3.05) is 31.8 Å². The molecule has 9 rings (SSSR count). The monoisotopic (exact) mass is 832 g/mol. The summed E-state index contributed by atoms with van der Waals surface area (Å²) in [5.74, 6) is 2.11. The fourth-order valence-corrected chi connectivity index (χ4v) is 9.38. The van der Waals surface area contributed by atoms with Gasteiger partial charge in [0.05, 0.1) is 40.7 Å². The zero-order valence-corrected chi connectivity index (χ0v) is 36.3. The number of amides is 1. The number of halogens is 2. The van der Waals surface area contributed by atoms with E-state index in [-0.39, 0.29) is 11.9 Å². The van der Waals surface area contributed by atoms with Gasteiger partial charge in [-0.15, -0.1) is 0 Å². The largest absolute Gasteiger partial charge is 0.494 e. The number of hydrogen-bond acceptors (Lipinski definition) is 6. The molecule has 13 heteroatoms. The molecule has 7 aromatic rings. The van der Waals surface area contributed by atoms with Crippen LogP contribution in [-0.4, -0.2) is 66.5 Å². The molecule has 0 radical (unpaired) electrons. The molecule has 5 heterocycles. The Morgan fingerprint density at radius 3 is 2.42 bits per heavy atom. The third kappa shape index (κ3) is 7.00. The van der Waals surface area contributed by atoms with E-state index in [1.807, 2.05) is 66.6 Å². The minimum absolute atomic E-state index is 0.0519. The second-order valence-electron chi connectivity index (χ2n) is 16.4. The number of aromatic nitrogens is 7. The Hall–Kier alpha value is -5.10. The molecule has 1 atom stereocenters. The van der Waals surface area contributed by atoms with E-state index in [2.05, 4.69) is 53.4 Å². The Morgan fingerprint density at radius 2 is 1.71 bits per heavy atom. The van der Waals surface area contributed by atoms with E-state index in [0.29, 0.717) is 61.6 Å². The molecule has 0 spiro atoms. The van der Waals surface area contributed by atoms with Gasteiger partial charge in [-0.3, -0.25) is 14.2 Å². The smallest absolute Gasteiger partial charge is 0.275 e. The Kier molecular flexibility index (Phi) is 10.3. The maximum Gasteiger partial charge on any atom is 0.275 e. The van der Waals surface area contributed by atoms with Gasteiger partial charge in [-0.05, 0) is 119 Å². The molecule has 1 saturated carbocycles. The first-order chi connectivity index (χ1) is 28.4. The lowest BCUT2D eigenvalue weighted by Gasteiger charge is -2.34. The fraction of sp³-hybridized carbons (Fsp3) is 0.391. The van der Waals surface area contributed by atoms with Gasteiger partial charge >= 0.3 is 0 Å². The molecule has 0 saturated heterocycles. The van der Waals surface area contributed by atoms with Crippen molar-refractivity contribution in [3.63, 3.8) is 0 Å². The van der Waals surface area contributed by atoms with Gasteiger partial charge in [0.1, 0.15) is 17.8 Å². The standard InChI is InChI=1S/C46H50Cl2N8O3/c1-26-19-33(20-27(2)42(26)48)59-17-8-9-34-35-13-14-37(47)41(40-29(4)50-52(6)30(40)5)43(35)56-28(3)22-55(46(57)44(34)56)39-24-53(16-18-58-7)38-15-12-32(21-36(38)39)45-49-25-54(51-45)23-31-10-11-31/h12-15,19-21,24-25,28,31H,8-11,16-18,22-23H2,1-7H3. The second kappa shape index (κ2) is 15.5. The number of carbonyl (C=O) groups excluding carboxylic acids is 1. The van der Waals surface area contributed by atoms with Gasteiger partial charge in [-0.1, -0.05) is 29.3 Å². The van der Waals surface area contributed by atoms with Crippen LogP contribution >= 0.6 is 23.2 Å². The first-order valence-electron chi connectivity index (χ1n) is 20.5. The van der Waals surface area contributed by atoms with Gasteiger partial charge in [-0.25, -0.2) is 4.98 Å². The van der Waals surface area contributed by atoms with Crippen LogP contribution in [0.3, 0.4) is 0 Å². The van der Waals surface area contributed by atoms with E-state index in [4.69, 9.17) is 47.9 Å². The Labute approximate surface area is 354 Å². The molecule has 2 aliphatic rings. The molecular formula is C46H50Cl2N8O3. The van der Waals surface area contributed by atoms with Gasteiger partial charge in [0.25, 0.3) is 5.91 Å². The SMILES string of the molecule is COCCn1cc(N2CC(C)n3c(c(CCCOc4cc(C)c(Cl)c(C)c4)c4ccc(Cl)c(-c5c(C)nn(C)c5C)c43)C2=O)c2cc(-c3ncn(CC4CC4)n3)ccc21. The fourth-order valence-electron chi connectivity index (χ4n) is 9.02. The Morgan fingerprint density at radius 1 is 0.932 bits per heavy atom. The van der Waals surface area contributed by atoms with Crippen LogP contribution in [0.5, 0.6) is 5.75 Å². The molecule has 0 bridgehead atoms. The van der Waals surface area contributed by atoms with Crippen molar-refractivity contribution in [2.45, 2.75) is 79.4 Å². The minimum atomic E-state index is -0.0925. The van der Waals surface area contributed by atoms with Crippen LogP contribution in [0.4, 0.5) is 5.69 Å². The van der Waals surface area contributed by atoms with Gasteiger partial charge in [0.2, 0.25) is 0 Å². The highest BCUT2D eigenvalue weighted by Crippen LogP contribution is 2.46. The van der Waals surface area contributed by atoms with Crippen LogP contribution in [0.25, 0.3) is 44.3 Å². The number of aryl methyl sites for hydroxylation is 5. The summed E-state index contributed by atoms with van der Waals surface area (Å²) in [5, 5.41) is 13.0. The number of rotatable bonds is 13. The number of ether oxygens (including phenoxy) is 2. The van der Waals surface area contributed by atoms with E-state index in [1.165, 1.54) is 12.8 Å². The molecule has 1 unspecified atom stereocenters. The van der Waals surface area contributed by atoms with Crippen LogP contribution in [0.1, 0.15) is 70.8 Å². The third-order valence-corrected chi connectivity index (χ3v) is 13.1. The first-order valence-corrected chi connectivity index (χ1v) is 21.3. The van der Waals surface area contributed by atoms with E-state index < -0.39 is 0 Å². The highest BCUT2D eigenvalue weighted by Gasteiger charge is 2.38. The van der Waals surface area contributed by atoms with Crippen LogP contribution < -0.4 is 9.64 Å². The van der Waals surface area contributed by atoms with Crippen LogP contribution in [0, 0.1) is 33.6 Å². The zero-order chi connectivity index (χ0) is 41.3. The van der Waals surface area contributed by atoms with E-state index in [1.54, 1.807) is 7.11 Å². The van der Waals surface area contributed by atoms with Crippen molar-refractivity contribution in [3.05, 3.63) is 98.8 Å². The minimum Gasteiger partial charge on any atom is -0.494 e. The van der Waals surface area contributed by atoms with Crippen molar-refractivity contribution in [1.82, 2.24) is 33.7 Å². The summed E-state index contributed by atoms with van der Waals surface area (Å²) in [6.07, 6.45) is 7.74. The summed E-state index contributed by atoms with van der Waals surface area (Å²) in [5.41, 5.74) is 11.2. The molecule has 1 fully saturated rings. The second-order valence-corrected chi connectivity index (χ2v) is 17.2. The predicted octanol–water partition coefficient (Wildman–Crippen LogP) is 10.1. The van der Waals surface area contributed by atoms with Crippen molar-refractivity contribution in [1.29, 1.82) is 0 Å². The molecule has 1 aliphatic heterocycles. The maximum absolute atomic E-state index is 15.5. The molecular weight excluding hydrogens is 783 g/mol. The third-order valence-electron chi connectivity index (χ3n) is 12.2. The number of fused-ring (bicyclic) bond motifs is 4. The summed E-state index contributed by atoms with van der Waals surface area (Å²) < 4.78 is 20.1. The summed E-state index contributed by atoms with van der Waals surface area (Å²) in [6.45, 7) is 13.3. The number of carbonyl (C=O) groups is 1. The van der Waals surface area contributed by atoms with Crippen molar-refractivity contribution < 1.29 is 14.3 Å². The van der Waals surface area contributed by atoms with Gasteiger partial charge in [0, 0.05) is 84.2 Å². The average molecular weight is 834 g/mol. The van der Waals surface area contributed by atoms with Gasteiger partial charge < -0.3 is 23.5 Å². The summed E-state index contributed by atoms with van der Waals surface area (Å²) in [6, 6.07) is 14.2. The first kappa shape index (κ1) is 39.4. The van der Waals surface area contributed by atoms with E-state index in [0.717, 1.165) is 89.6 Å². The van der Waals surface area contributed by atoms with Crippen LogP contribution in [-0.2, 0) is 31.3 Å². The number of anilines is 1. The number of methoxy groups -OCH3 is 1. The van der Waals surface area contributed by atoms with Crippen molar-refractivity contribution in [3.8, 4) is 28.3 Å². The number of benzene rings is 3. The summed E-state index contributed by atoms with van der Waals surface area (Å²) >= 11 is 13.6. The van der Waals surface area contributed by atoms with E-state index >= 15 is 4.79 Å². The summed E-state index contributed by atoms with van der Waals surface area (Å²) in [7, 11) is 3.67. The highest BCUT2D eigenvalue weighted by atomic mass is 35.5. The van der Waals surface area contributed by atoms with Crippen LogP contribution in [0.2, 0.25) is 10.0 Å². The van der Waals surface area contributed by atoms with Crippen molar-refractivity contribution >= 4 is 56.6 Å². The molecule has 306 valence electrons. The molecule has 0 N–H and O–H groups in total. The van der Waals surface area contributed by atoms with Gasteiger partial charge in [0.15, 0.2) is 5.82 Å². The maximum atomic E-state index is 15.5. The topological polar surface area (TPSA) is 97.2 Å². The number of hydrogen-bond donors (Lipinski definition) is 0. The molecule has 11 nitrogen and oxygen atoms in total. The lowest BCUT2D eigenvalue weighted by atomic mass is 9.98. The molecule has 4 aromatic heterocycles. The lowest BCUT2D eigenvalue weighted by Crippen LogP contribution is -2.42. The quantitative estimate of drug-likeness (QED) is 0.107. The number of nitrogens with zero attached hydrogens (tertiary/aromatic N) is 8. The molecule has 3 aromatic carbocycles. The Balaban J connectivity index is 1.16. The summed E-state index contributed by atoms with van der Waals surface area (Å²) in [4.78, 5) is 22.1. The van der Waals surface area contributed by atoms with Crippen molar-refractivity contribution in [2.24, 2.45) is 13.0 Å². The normalized spacial score (nSPS) is 15.6. The molecule has 1 amide bonds. The molecule has 1 aliphatic carbocycles. The molecule has 59 heavy (non-hydrogen) atoms. The van der Waals surface area contributed by atoms with E-state index in [9.17, 15) is 0 Å². The van der Waals surface area contributed by atoms with Gasteiger partial charge in [-0.2, -0.15) is 10.2 Å². The van der Waals surface area contributed by atoms with Crippen LogP contribution in [0.15, 0.2) is 55.0 Å². The highest BCUT2D eigenvalue weighted by molar-refractivity contribution is 6.35.